The van der Waals surface area contributed by atoms with Gasteiger partial charge in [-0.15, -0.1) is 11.3 Å². The van der Waals surface area contributed by atoms with Crippen LogP contribution in [0.4, 0.5) is 15.8 Å². The molecule has 0 radical (unpaired) electrons. The Morgan fingerprint density at radius 2 is 1.85 bits per heavy atom. The molecule has 1 aliphatic heterocycles. The zero-order valence-corrected chi connectivity index (χ0v) is 15.6. The van der Waals surface area contributed by atoms with Crippen LogP contribution in [0.5, 0.6) is 0 Å². The number of carbonyl (C=O) groups is 1. The molecule has 1 saturated heterocycles. The molecule has 2 heterocycles. The monoisotopic (exact) mass is 381 g/mol. The highest BCUT2D eigenvalue weighted by atomic mass is 32.1. The fourth-order valence-electron chi connectivity index (χ4n) is 3.29. The fraction of sp³-hybridized carbons (Fsp3) is 0.238. The van der Waals surface area contributed by atoms with Crippen LogP contribution >= 0.6 is 11.3 Å². The molecule has 0 unspecified atom stereocenters. The summed E-state index contributed by atoms with van der Waals surface area (Å²) in [6.45, 7) is 2.06. The average molecular weight is 381 g/mol. The normalized spacial score (nSPS) is 13.7. The van der Waals surface area contributed by atoms with Gasteiger partial charge in [0.1, 0.15) is 10.8 Å². The number of rotatable bonds is 5. The van der Waals surface area contributed by atoms with Crippen LogP contribution in [0.1, 0.15) is 18.5 Å². The molecule has 1 aromatic heterocycles. The summed E-state index contributed by atoms with van der Waals surface area (Å²) in [5.41, 5.74) is 3.50. The molecule has 1 fully saturated rings. The maximum Gasteiger partial charge on any atom is 0.230 e. The number of benzene rings is 2. The van der Waals surface area contributed by atoms with Crippen LogP contribution in [0, 0.1) is 5.82 Å². The molecule has 4 rings (SSSR count). The first-order valence-electron chi connectivity index (χ1n) is 9.03. The van der Waals surface area contributed by atoms with Crippen molar-refractivity contribution in [2.75, 3.05) is 23.3 Å². The third kappa shape index (κ3) is 4.17. The molecule has 0 aliphatic carbocycles. The van der Waals surface area contributed by atoms with Crippen LogP contribution in [0.3, 0.4) is 0 Å². The van der Waals surface area contributed by atoms with Crippen molar-refractivity contribution in [1.29, 1.82) is 0 Å². The van der Waals surface area contributed by atoms with Crippen LogP contribution in [0.2, 0.25) is 0 Å². The van der Waals surface area contributed by atoms with E-state index in [2.05, 4.69) is 21.3 Å². The largest absolute Gasteiger partial charge is 0.370 e. The topological polar surface area (TPSA) is 45.2 Å². The Labute approximate surface area is 161 Å². The quantitative estimate of drug-likeness (QED) is 0.695. The molecule has 1 N–H and O–H groups in total. The third-order valence-electron chi connectivity index (χ3n) is 4.61. The summed E-state index contributed by atoms with van der Waals surface area (Å²) in [4.78, 5) is 19.4. The van der Waals surface area contributed by atoms with Gasteiger partial charge in [-0.25, -0.2) is 9.37 Å². The van der Waals surface area contributed by atoms with E-state index in [1.54, 1.807) is 12.1 Å². The molecule has 2 aromatic carbocycles. The number of amides is 1. The second kappa shape index (κ2) is 7.88. The summed E-state index contributed by atoms with van der Waals surface area (Å²) in [7, 11) is 0. The van der Waals surface area contributed by atoms with Crippen molar-refractivity contribution in [2.45, 2.75) is 19.3 Å². The van der Waals surface area contributed by atoms with E-state index >= 15 is 0 Å². The SMILES string of the molecule is O=C(Cc1csc(-c2ccc(F)cc2)n1)Nc1ccccc1N1CCCC1. The number of carbonyl (C=O) groups excluding carboxylic acids is 1. The molecule has 6 heteroatoms. The molecule has 27 heavy (non-hydrogen) atoms. The highest BCUT2D eigenvalue weighted by Crippen LogP contribution is 2.29. The Morgan fingerprint density at radius 3 is 2.63 bits per heavy atom. The standard InChI is InChI=1S/C21H20FN3OS/c22-16-9-7-15(8-10-16)21-23-17(14-27-21)13-20(26)24-18-5-1-2-6-19(18)25-11-3-4-12-25/h1-2,5-10,14H,3-4,11-13H2,(H,24,26). The number of hydrogen-bond acceptors (Lipinski definition) is 4. The van der Waals surface area contributed by atoms with Crippen molar-refractivity contribution >= 4 is 28.6 Å². The van der Waals surface area contributed by atoms with Crippen molar-refractivity contribution in [3.63, 3.8) is 0 Å². The van der Waals surface area contributed by atoms with Crippen molar-refractivity contribution in [3.05, 3.63) is 65.4 Å². The molecule has 0 bridgehead atoms. The van der Waals surface area contributed by atoms with Crippen LogP contribution < -0.4 is 10.2 Å². The number of nitrogens with zero attached hydrogens (tertiary/aromatic N) is 2. The zero-order chi connectivity index (χ0) is 18.6. The summed E-state index contributed by atoms with van der Waals surface area (Å²) in [6, 6.07) is 14.2. The number of hydrogen-bond donors (Lipinski definition) is 1. The molecular formula is C21H20FN3OS. The number of halogens is 1. The lowest BCUT2D eigenvalue weighted by molar-refractivity contribution is -0.115. The third-order valence-corrected chi connectivity index (χ3v) is 5.55. The predicted octanol–water partition coefficient (Wildman–Crippen LogP) is 4.73. The van der Waals surface area contributed by atoms with Gasteiger partial charge < -0.3 is 10.2 Å². The van der Waals surface area contributed by atoms with E-state index in [0.717, 1.165) is 40.7 Å². The van der Waals surface area contributed by atoms with Crippen molar-refractivity contribution in [1.82, 2.24) is 4.98 Å². The highest BCUT2D eigenvalue weighted by Gasteiger charge is 2.17. The van der Waals surface area contributed by atoms with Crippen molar-refractivity contribution < 1.29 is 9.18 Å². The maximum atomic E-state index is 13.1. The molecule has 138 valence electrons. The number of nitrogens with one attached hydrogen (secondary N) is 1. The number of thiazole rings is 1. The van der Waals surface area contributed by atoms with Gasteiger partial charge in [0.15, 0.2) is 0 Å². The lowest BCUT2D eigenvalue weighted by Crippen LogP contribution is -2.21. The lowest BCUT2D eigenvalue weighted by Gasteiger charge is -2.21. The predicted molar refractivity (Wildman–Crippen MR) is 108 cm³/mol. The van der Waals surface area contributed by atoms with Gasteiger partial charge in [-0.2, -0.15) is 0 Å². The van der Waals surface area contributed by atoms with E-state index in [0.29, 0.717) is 0 Å². The summed E-state index contributed by atoms with van der Waals surface area (Å²) in [5, 5.41) is 5.69. The van der Waals surface area contributed by atoms with Gasteiger partial charge in [0.05, 0.1) is 23.5 Å². The lowest BCUT2D eigenvalue weighted by atomic mass is 10.2. The second-order valence-corrected chi connectivity index (χ2v) is 7.45. The Hall–Kier alpha value is -2.73. The van der Waals surface area contributed by atoms with Gasteiger partial charge in [-0.3, -0.25) is 4.79 Å². The average Bonchev–Trinajstić information content (AvgIpc) is 3.35. The maximum absolute atomic E-state index is 13.1. The molecule has 0 atom stereocenters. The van der Waals surface area contributed by atoms with E-state index in [-0.39, 0.29) is 18.1 Å². The van der Waals surface area contributed by atoms with Crippen molar-refractivity contribution in [2.24, 2.45) is 0 Å². The van der Waals surface area contributed by atoms with Crippen LogP contribution in [-0.4, -0.2) is 24.0 Å². The van der Waals surface area contributed by atoms with Crippen molar-refractivity contribution in [3.8, 4) is 10.6 Å². The fourth-order valence-corrected chi connectivity index (χ4v) is 4.11. The first kappa shape index (κ1) is 17.7. The first-order chi connectivity index (χ1) is 13.2. The zero-order valence-electron chi connectivity index (χ0n) is 14.8. The summed E-state index contributed by atoms with van der Waals surface area (Å²) < 4.78 is 13.1. The minimum atomic E-state index is -0.272. The Kier molecular flexibility index (Phi) is 5.16. The second-order valence-electron chi connectivity index (χ2n) is 6.59. The van der Waals surface area contributed by atoms with Gasteiger partial charge in [0, 0.05) is 24.0 Å². The first-order valence-corrected chi connectivity index (χ1v) is 9.91. The molecule has 1 amide bonds. The molecule has 0 spiro atoms. The minimum Gasteiger partial charge on any atom is -0.370 e. The van der Waals surface area contributed by atoms with E-state index in [9.17, 15) is 9.18 Å². The Morgan fingerprint density at radius 1 is 1.11 bits per heavy atom. The molecule has 0 saturated carbocycles. The van der Waals surface area contributed by atoms with Crippen LogP contribution in [0.25, 0.3) is 10.6 Å². The number of aromatic nitrogens is 1. The number of para-hydroxylation sites is 2. The molecular weight excluding hydrogens is 361 g/mol. The van der Waals surface area contributed by atoms with E-state index < -0.39 is 0 Å². The van der Waals surface area contributed by atoms with Crippen LogP contribution in [0.15, 0.2) is 53.9 Å². The van der Waals surface area contributed by atoms with E-state index in [1.807, 2.05) is 23.6 Å². The molecule has 1 aliphatic rings. The highest BCUT2D eigenvalue weighted by molar-refractivity contribution is 7.13. The smallest absolute Gasteiger partial charge is 0.230 e. The number of anilines is 2. The Bertz CT molecular complexity index is 933. The van der Waals surface area contributed by atoms with Gasteiger partial charge in [0.25, 0.3) is 0 Å². The summed E-state index contributed by atoms with van der Waals surface area (Å²) in [5.74, 6) is -0.357. The van der Waals surface area contributed by atoms with Gasteiger partial charge in [0.2, 0.25) is 5.91 Å². The Balaban J connectivity index is 1.44. The van der Waals surface area contributed by atoms with Gasteiger partial charge in [-0.1, -0.05) is 12.1 Å². The van der Waals surface area contributed by atoms with Gasteiger partial charge >= 0.3 is 0 Å². The van der Waals surface area contributed by atoms with Gasteiger partial charge in [-0.05, 0) is 49.2 Å². The van der Waals surface area contributed by atoms with Crippen LogP contribution in [-0.2, 0) is 11.2 Å². The van der Waals surface area contributed by atoms with E-state index in [1.165, 1.54) is 36.3 Å². The minimum absolute atomic E-state index is 0.0856. The summed E-state index contributed by atoms with van der Waals surface area (Å²) in [6.07, 6.45) is 2.59. The molecule has 4 nitrogen and oxygen atoms in total. The summed E-state index contributed by atoms with van der Waals surface area (Å²) >= 11 is 1.46. The molecule has 3 aromatic rings. The van der Waals surface area contributed by atoms with E-state index in [4.69, 9.17) is 0 Å².